The SMILES string of the molecule is CCCNc1cc(N)cc(OC(C)C)c1. The minimum absolute atomic E-state index is 0.172. The predicted octanol–water partition coefficient (Wildman–Crippen LogP) is 2.88. The van der Waals surface area contributed by atoms with Gasteiger partial charge in [0.25, 0.3) is 0 Å². The third-order valence-corrected chi connectivity index (χ3v) is 1.88. The van der Waals surface area contributed by atoms with E-state index in [1.54, 1.807) is 0 Å². The minimum Gasteiger partial charge on any atom is -0.491 e. The van der Waals surface area contributed by atoms with E-state index >= 15 is 0 Å². The number of hydrogen-bond acceptors (Lipinski definition) is 3. The van der Waals surface area contributed by atoms with Crippen molar-refractivity contribution >= 4 is 11.4 Å². The van der Waals surface area contributed by atoms with E-state index < -0.39 is 0 Å². The third-order valence-electron chi connectivity index (χ3n) is 1.88. The van der Waals surface area contributed by atoms with Crippen LogP contribution in [0.4, 0.5) is 11.4 Å². The number of ether oxygens (including phenoxy) is 1. The predicted molar refractivity (Wildman–Crippen MR) is 65.4 cm³/mol. The van der Waals surface area contributed by atoms with Crippen LogP contribution in [0.15, 0.2) is 18.2 Å². The molecule has 0 radical (unpaired) electrons. The Morgan fingerprint density at radius 2 is 2.07 bits per heavy atom. The van der Waals surface area contributed by atoms with Gasteiger partial charge in [-0.3, -0.25) is 0 Å². The van der Waals surface area contributed by atoms with Crippen molar-refractivity contribution in [2.24, 2.45) is 0 Å². The molecule has 84 valence electrons. The summed E-state index contributed by atoms with van der Waals surface area (Å²) in [5.41, 5.74) is 7.54. The van der Waals surface area contributed by atoms with E-state index in [-0.39, 0.29) is 6.10 Å². The van der Waals surface area contributed by atoms with Gasteiger partial charge in [0.15, 0.2) is 0 Å². The van der Waals surface area contributed by atoms with Crippen LogP contribution < -0.4 is 15.8 Å². The van der Waals surface area contributed by atoms with E-state index in [0.29, 0.717) is 0 Å². The smallest absolute Gasteiger partial charge is 0.123 e. The Balaban J connectivity index is 2.75. The van der Waals surface area contributed by atoms with Crippen molar-refractivity contribution in [3.05, 3.63) is 18.2 Å². The zero-order valence-corrected chi connectivity index (χ0v) is 9.71. The van der Waals surface area contributed by atoms with E-state index in [4.69, 9.17) is 10.5 Å². The maximum atomic E-state index is 5.79. The Kier molecular flexibility index (Phi) is 4.28. The zero-order valence-electron chi connectivity index (χ0n) is 9.71. The van der Waals surface area contributed by atoms with Crippen molar-refractivity contribution < 1.29 is 4.74 Å². The first-order valence-corrected chi connectivity index (χ1v) is 5.43. The van der Waals surface area contributed by atoms with E-state index in [9.17, 15) is 0 Å². The number of nitrogens with two attached hydrogens (primary N) is 1. The second-order valence-corrected chi connectivity index (χ2v) is 3.88. The molecule has 3 heteroatoms. The zero-order chi connectivity index (χ0) is 11.3. The third kappa shape index (κ3) is 4.11. The number of hydrogen-bond donors (Lipinski definition) is 2. The van der Waals surface area contributed by atoms with E-state index in [2.05, 4.69) is 12.2 Å². The number of anilines is 2. The van der Waals surface area contributed by atoms with Crippen molar-refractivity contribution in [1.82, 2.24) is 0 Å². The maximum Gasteiger partial charge on any atom is 0.123 e. The van der Waals surface area contributed by atoms with Crippen LogP contribution in [0.5, 0.6) is 5.75 Å². The Morgan fingerprint density at radius 1 is 1.33 bits per heavy atom. The Labute approximate surface area is 91.6 Å². The van der Waals surface area contributed by atoms with E-state index in [1.807, 2.05) is 32.0 Å². The summed E-state index contributed by atoms with van der Waals surface area (Å²) in [5.74, 6) is 0.823. The summed E-state index contributed by atoms with van der Waals surface area (Å²) in [5, 5.41) is 3.29. The molecule has 0 aromatic heterocycles. The fraction of sp³-hybridized carbons (Fsp3) is 0.500. The van der Waals surface area contributed by atoms with Crippen molar-refractivity contribution in [3.63, 3.8) is 0 Å². The highest BCUT2D eigenvalue weighted by Gasteiger charge is 2.01. The van der Waals surface area contributed by atoms with Crippen LogP contribution >= 0.6 is 0 Å². The fourth-order valence-corrected chi connectivity index (χ4v) is 1.33. The van der Waals surface area contributed by atoms with Crippen molar-refractivity contribution in [3.8, 4) is 5.75 Å². The summed E-state index contributed by atoms with van der Waals surface area (Å²) >= 11 is 0. The fourth-order valence-electron chi connectivity index (χ4n) is 1.33. The molecule has 0 aliphatic rings. The largest absolute Gasteiger partial charge is 0.491 e. The highest BCUT2D eigenvalue weighted by Crippen LogP contribution is 2.23. The molecule has 1 aromatic rings. The van der Waals surface area contributed by atoms with Gasteiger partial charge in [-0.15, -0.1) is 0 Å². The first kappa shape index (κ1) is 11.7. The van der Waals surface area contributed by atoms with Gasteiger partial charge in [0.05, 0.1) is 6.10 Å². The molecule has 0 spiro atoms. The molecule has 0 saturated heterocycles. The molecule has 0 saturated carbocycles. The van der Waals surface area contributed by atoms with Crippen molar-refractivity contribution in [2.45, 2.75) is 33.3 Å². The first-order valence-electron chi connectivity index (χ1n) is 5.43. The average Bonchev–Trinajstić information content (AvgIpc) is 2.12. The number of nitrogen functional groups attached to an aromatic ring is 1. The number of benzene rings is 1. The monoisotopic (exact) mass is 208 g/mol. The van der Waals surface area contributed by atoms with Crippen LogP contribution in [0.25, 0.3) is 0 Å². The number of nitrogens with one attached hydrogen (secondary N) is 1. The molecule has 0 unspecified atom stereocenters. The van der Waals surface area contributed by atoms with Gasteiger partial charge in [0.1, 0.15) is 5.75 Å². The van der Waals surface area contributed by atoms with E-state index in [0.717, 1.165) is 30.1 Å². The highest BCUT2D eigenvalue weighted by atomic mass is 16.5. The van der Waals surface area contributed by atoms with Gasteiger partial charge in [-0.05, 0) is 26.3 Å². The molecule has 1 aromatic carbocycles. The molecule has 0 bridgehead atoms. The molecule has 0 fully saturated rings. The van der Waals surface area contributed by atoms with Crippen LogP contribution in [0, 0.1) is 0 Å². The molecular formula is C12H20N2O. The quantitative estimate of drug-likeness (QED) is 0.731. The molecule has 0 aliphatic carbocycles. The van der Waals surface area contributed by atoms with Crippen LogP contribution in [0.2, 0.25) is 0 Å². The summed E-state index contributed by atoms with van der Waals surface area (Å²) in [4.78, 5) is 0. The molecule has 0 amide bonds. The molecule has 3 nitrogen and oxygen atoms in total. The second kappa shape index (κ2) is 5.49. The highest BCUT2D eigenvalue weighted by molar-refractivity contribution is 5.59. The second-order valence-electron chi connectivity index (χ2n) is 3.88. The Hall–Kier alpha value is -1.38. The first-order chi connectivity index (χ1) is 7.11. The van der Waals surface area contributed by atoms with Gasteiger partial charge < -0.3 is 15.8 Å². The van der Waals surface area contributed by atoms with Gasteiger partial charge >= 0.3 is 0 Å². The maximum absolute atomic E-state index is 5.79. The number of rotatable bonds is 5. The van der Waals surface area contributed by atoms with Gasteiger partial charge in [-0.2, -0.15) is 0 Å². The van der Waals surface area contributed by atoms with Gasteiger partial charge in [-0.25, -0.2) is 0 Å². The topological polar surface area (TPSA) is 47.3 Å². The van der Waals surface area contributed by atoms with Crippen molar-refractivity contribution in [2.75, 3.05) is 17.6 Å². The van der Waals surface area contributed by atoms with Crippen LogP contribution in [0.1, 0.15) is 27.2 Å². The van der Waals surface area contributed by atoms with Crippen LogP contribution in [0.3, 0.4) is 0 Å². The lowest BCUT2D eigenvalue weighted by molar-refractivity contribution is 0.242. The van der Waals surface area contributed by atoms with Crippen LogP contribution in [-0.4, -0.2) is 12.6 Å². The molecule has 15 heavy (non-hydrogen) atoms. The summed E-state index contributed by atoms with van der Waals surface area (Å²) in [6, 6.07) is 5.74. The minimum atomic E-state index is 0.172. The van der Waals surface area contributed by atoms with Crippen LogP contribution in [-0.2, 0) is 0 Å². The summed E-state index contributed by atoms with van der Waals surface area (Å²) in [7, 11) is 0. The summed E-state index contributed by atoms with van der Waals surface area (Å²) in [6.45, 7) is 7.08. The molecule has 0 aliphatic heterocycles. The molecule has 0 heterocycles. The lowest BCUT2D eigenvalue weighted by Crippen LogP contribution is -2.07. The lowest BCUT2D eigenvalue weighted by Gasteiger charge is -2.13. The van der Waals surface area contributed by atoms with Crippen molar-refractivity contribution in [1.29, 1.82) is 0 Å². The normalized spacial score (nSPS) is 10.4. The Bertz CT molecular complexity index is 310. The average molecular weight is 208 g/mol. The van der Waals surface area contributed by atoms with Gasteiger partial charge in [-0.1, -0.05) is 6.92 Å². The summed E-state index contributed by atoms with van der Waals surface area (Å²) < 4.78 is 5.60. The lowest BCUT2D eigenvalue weighted by atomic mass is 10.2. The Morgan fingerprint density at radius 3 is 2.67 bits per heavy atom. The molecule has 1 rings (SSSR count). The van der Waals surface area contributed by atoms with E-state index in [1.165, 1.54) is 0 Å². The molecule has 0 atom stereocenters. The van der Waals surface area contributed by atoms with Gasteiger partial charge in [0, 0.05) is 30.1 Å². The van der Waals surface area contributed by atoms with Gasteiger partial charge in [0.2, 0.25) is 0 Å². The summed E-state index contributed by atoms with van der Waals surface area (Å²) in [6.07, 6.45) is 1.26. The molecule has 3 N–H and O–H groups in total. The standard InChI is InChI=1S/C12H20N2O/c1-4-5-14-11-6-10(13)7-12(8-11)15-9(2)3/h6-9,14H,4-5,13H2,1-3H3. The molecular weight excluding hydrogens is 188 g/mol.